The van der Waals surface area contributed by atoms with Crippen LogP contribution < -0.4 is 19.3 Å². The summed E-state index contributed by atoms with van der Waals surface area (Å²) in [5.41, 5.74) is 26.3. The molecule has 0 spiro atoms. The minimum absolute atomic E-state index is 0.347. The van der Waals surface area contributed by atoms with Crippen LogP contribution in [0.1, 0.15) is 109 Å². The highest BCUT2D eigenvalue weighted by Crippen LogP contribution is 2.59. The highest BCUT2D eigenvalue weighted by atomic mass is 16.5. The molecule has 15 aromatic carbocycles. The molecule has 4 nitrogen and oxygen atoms in total. The summed E-state index contributed by atoms with van der Waals surface area (Å²) < 4.78 is 12.4. The Morgan fingerprint density at radius 3 is 1.01 bits per heavy atom. The maximum atomic E-state index is 6.19. The zero-order valence-electron chi connectivity index (χ0n) is 61.3. The van der Waals surface area contributed by atoms with Gasteiger partial charge < -0.3 is 19.3 Å². The largest absolute Gasteiger partial charge is 0.494 e. The number of hydrogen-bond acceptors (Lipinski definition) is 4. The summed E-state index contributed by atoms with van der Waals surface area (Å²) >= 11 is 0. The van der Waals surface area contributed by atoms with E-state index in [1.54, 1.807) is 0 Å². The fourth-order valence-corrected chi connectivity index (χ4v) is 17.5. The number of benzene rings is 15. The lowest BCUT2D eigenvalue weighted by molar-refractivity contribution is 0.303. The molecule has 2 aliphatic rings. The summed E-state index contributed by atoms with van der Waals surface area (Å²) in [6.07, 6.45) is 14.3. The van der Waals surface area contributed by atoms with Crippen LogP contribution in [0.3, 0.4) is 0 Å². The SMILES string of the molecule is C=Cc1ccc(OCCCCCCC2(c3ccccc3)c3ccccc3-c3ccc(N(c4ccc(-c5ccc(-c6ccc(N(c7ccc8c(c7)C(CCCCCCOc7ccc(C=C)cc7)(c7ccccc7)c7ccccc7-8)c7cccc8ccccc78)cc6)cc5)cc4)c4cccc5ccccc45)cc32)cc1. The average molecular weight is 1400 g/mol. The first-order valence-corrected chi connectivity index (χ1v) is 38.6. The minimum Gasteiger partial charge on any atom is -0.494 e. The number of anilines is 6. The third-order valence-corrected chi connectivity index (χ3v) is 22.8. The van der Waals surface area contributed by atoms with Crippen molar-refractivity contribution in [1.82, 2.24) is 0 Å². The van der Waals surface area contributed by atoms with Crippen molar-refractivity contribution < 1.29 is 9.47 Å². The third-order valence-electron chi connectivity index (χ3n) is 22.8. The smallest absolute Gasteiger partial charge is 0.119 e. The zero-order valence-corrected chi connectivity index (χ0v) is 61.3. The van der Waals surface area contributed by atoms with Gasteiger partial charge in [-0.15, -0.1) is 0 Å². The Balaban J connectivity index is 0.658. The van der Waals surface area contributed by atoms with Crippen molar-refractivity contribution >= 4 is 67.8 Å². The van der Waals surface area contributed by atoms with Crippen molar-refractivity contribution in [2.75, 3.05) is 23.0 Å². The van der Waals surface area contributed by atoms with Crippen LogP contribution in [0.15, 0.2) is 365 Å². The van der Waals surface area contributed by atoms with Crippen LogP contribution in [0.25, 0.3) is 78.2 Å². The first-order chi connectivity index (χ1) is 53.4. The van der Waals surface area contributed by atoms with Crippen molar-refractivity contribution in [3.63, 3.8) is 0 Å². The van der Waals surface area contributed by atoms with Gasteiger partial charge in [0.2, 0.25) is 0 Å². The summed E-state index contributed by atoms with van der Waals surface area (Å²) in [6, 6.07) is 130. The lowest BCUT2D eigenvalue weighted by Crippen LogP contribution is -2.27. The summed E-state index contributed by atoms with van der Waals surface area (Å²) in [5.74, 6) is 1.82. The van der Waals surface area contributed by atoms with Gasteiger partial charge in [0.1, 0.15) is 11.5 Å². The van der Waals surface area contributed by atoms with Gasteiger partial charge in [-0.05, 0) is 210 Å². The summed E-state index contributed by atoms with van der Waals surface area (Å²) in [5, 5.41) is 4.81. The molecule has 0 aliphatic heterocycles. The highest BCUT2D eigenvalue weighted by molar-refractivity contribution is 6.01. The summed E-state index contributed by atoms with van der Waals surface area (Å²) in [4.78, 5) is 4.97. The number of ether oxygens (including phenoxy) is 2. The van der Waals surface area contributed by atoms with Crippen LogP contribution in [0.4, 0.5) is 34.1 Å². The van der Waals surface area contributed by atoms with Crippen molar-refractivity contribution in [2.24, 2.45) is 0 Å². The second-order valence-corrected chi connectivity index (χ2v) is 29.0. The van der Waals surface area contributed by atoms with Gasteiger partial charge in [0.15, 0.2) is 0 Å². The average Bonchev–Trinajstić information content (AvgIpc) is 1.55. The Bertz CT molecular complexity index is 5310. The van der Waals surface area contributed by atoms with Crippen LogP contribution in [0.5, 0.6) is 11.5 Å². The van der Waals surface area contributed by atoms with Crippen LogP contribution in [0, 0.1) is 0 Å². The fourth-order valence-electron chi connectivity index (χ4n) is 17.5. The van der Waals surface area contributed by atoms with E-state index in [0.717, 1.165) is 143 Å². The zero-order chi connectivity index (χ0) is 72.6. The molecule has 0 aromatic heterocycles. The molecule has 2 unspecified atom stereocenters. The summed E-state index contributed by atoms with van der Waals surface area (Å²) in [7, 11) is 0. The van der Waals surface area contributed by atoms with E-state index in [9.17, 15) is 0 Å². The molecule has 0 radical (unpaired) electrons. The number of nitrogens with zero attached hydrogens (tertiary/aromatic N) is 2. The molecule has 0 bridgehead atoms. The Morgan fingerprint density at radius 2 is 0.602 bits per heavy atom. The van der Waals surface area contributed by atoms with E-state index >= 15 is 0 Å². The molecule has 0 N–H and O–H groups in total. The standard InChI is InChI=1S/C104H88N2O2/c1-3-75-45-63-89(64-46-75)107-71-25-7-5-23-69-103(83-33-11-9-12-34-83)97-41-21-19-39-93(97)95-67-61-87(73-99(95)103)105(101-43-27-31-81-29-15-17-37-91(81)101)85-57-53-79(54-58-85)77-49-51-78(52-50-77)80-55-59-86(60-56-80)106(102-44-28-32-82-30-16-18-38-92(82)102)88-62-68-96-94-40-20-22-42-98(94)104(100(96)74-88,84-35-13-10-14-36-84)70-24-6-8-26-72-108-90-65-47-76(4-2)48-66-90/h3-4,9-22,27-68,73-74H,1-2,5-8,23-26,69-72H2. The van der Waals surface area contributed by atoms with E-state index in [1.807, 2.05) is 36.4 Å². The van der Waals surface area contributed by atoms with Crippen LogP contribution in [0.2, 0.25) is 0 Å². The van der Waals surface area contributed by atoms with E-state index < -0.39 is 0 Å². The Morgan fingerprint density at radius 1 is 0.269 bits per heavy atom. The molecule has 17 rings (SSSR count). The quantitative estimate of drug-likeness (QED) is 0.0456. The molecule has 0 heterocycles. The van der Waals surface area contributed by atoms with Gasteiger partial charge in [-0.1, -0.05) is 331 Å². The first kappa shape index (κ1) is 68.6. The van der Waals surface area contributed by atoms with Crippen molar-refractivity contribution in [3.05, 3.63) is 410 Å². The van der Waals surface area contributed by atoms with E-state index in [0.29, 0.717) is 13.2 Å². The molecular weight excluding hydrogens is 1310 g/mol. The molecule has 0 fully saturated rings. The molecule has 2 aliphatic carbocycles. The molecule has 0 saturated heterocycles. The minimum atomic E-state index is -0.347. The van der Waals surface area contributed by atoms with Gasteiger partial charge in [-0.3, -0.25) is 0 Å². The van der Waals surface area contributed by atoms with Crippen LogP contribution >= 0.6 is 0 Å². The van der Waals surface area contributed by atoms with Crippen molar-refractivity contribution in [3.8, 4) is 56.0 Å². The second kappa shape index (κ2) is 30.9. The van der Waals surface area contributed by atoms with Gasteiger partial charge in [-0.25, -0.2) is 0 Å². The van der Waals surface area contributed by atoms with Crippen LogP contribution in [-0.4, -0.2) is 13.2 Å². The monoisotopic (exact) mass is 1400 g/mol. The number of hydrogen-bond donors (Lipinski definition) is 0. The van der Waals surface area contributed by atoms with Gasteiger partial charge in [-0.2, -0.15) is 0 Å². The number of rotatable bonds is 28. The van der Waals surface area contributed by atoms with Gasteiger partial charge in [0.05, 0.1) is 24.6 Å². The lowest BCUT2D eigenvalue weighted by atomic mass is 9.69. The topological polar surface area (TPSA) is 24.9 Å². The Kier molecular flexibility index (Phi) is 19.6. The molecule has 4 heteroatoms. The van der Waals surface area contributed by atoms with E-state index in [2.05, 4.69) is 351 Å². The first-order valence-electron chi connectivity index (χ1n) is 38.6. The normalized spacial score (nSPS) is 14.5. The van der Waals surface area contributed by atoms with Crippen LogP contribution in [-0.2, 0) is 10.8 Å². The van der Waals surface area contributed by atoms with Crippen molar-refractivity contribution in [1.29, 1.82) is 0 Å². The number of fused-ring (bicyclic) bond motifs is 8. The Labute approximate surface area is 636 Å². The third kappa shape index (κ3) is 13.3. The fraction of sp³-hybridized carbons (Fsp3) is 0.135. The van der Waals surface area contributed by atoms with Crippen molar-refractivity contribution in [2.45, 2.75) is 75.0 Å². The van der Waals surface area contributed by atoms with Gasteiger partial charge in [0.25, 0.3) is 0 Å². The van der Waals surface area contributed by atoms with Gasteiger partial charge >= 0.3 is 0 Å². The molecule has 0 amide bonds. The van der Waals surface area contributed by atoms with E-state index in [-0.39, 0.29) is 10.8 Å². The molecule has 15 aromatic rings. The molecule has 0 saturated carbocycles. The lowest BCUT2D eigenvalue weighted by Gasteiger charge is -2.34. The highest BCUT2D eigenvalue weighted by Gasteiger charge is 2.46. The van der Waals surface area contributed by atoms with Gasteiger partial charge in [0, 0.05) is 44.4 Å². The molecule has 108 heavy (non-hydrogen) atoms. The second-order valence-electron chi connectivity index (χ2n) is 29.0. The molecule has 2 atom stereocenters. The predicted octanol–water partition coefficient (Wildman–Crippen LogP) is 28.2. The van der Waals surface area contributed by atoms with E-state index in [1.165, 1.54) is 77.2 Å². The summed E-state index contributed by atoms with van der Waals surface area (Å²) in [6.45, 7) is 9.21. The molecule has 526 valence electrons. The maximum Gasteiger partial charge on any atom is 0.119 e. The predicted molar refractivity (Wildman–Crippen MR) is 455 cm³/mol. The Hall–Kier alpha value is -12.5. The maximum absolute atomic E-state index is 6.19. The van der Waals surface area contributed by atoms with E-state index in [4.69, 9.17) is 9.47 Å². The molecular formula is C104H88N2O2. The number of unbranched alkanes of at least 4 members (excludes halogenated alkanes) is 6.